The molecule has 8 heteroatoms. The summed E-state index contributed by atoms with van der Waals surface area (Å²) in [4.78, 5) is 11.4. The number of nitrogens with zero attached hydrogens (tertiary/aromatic N) is 4. The minimum atomic E-state index is -0.162. The average Bonchev–Trinajstić information content (AvgIpc) is 2.99. The van der Waals surface area contributed by atoms with E-state index in [9.17, 15) is 0 Å². The molecule has 1 aromatic heterocycles. The SMILES string of the molecule is CCNC(=NCc1nc(C(C)OCC)no1)N1CCSC(C)(C)C1. The number of hydrogen-bond donors (Lipinski definition) is 1. The highest BCUT2D eigenvalue weighted by Gasteiger charge is 2.28. The molecule has 136 valence electrons. The molecule has 1 aliphatic rings. The Kier molecular flexibility index (Phi) is 6.91. The summed E-state index contributed by atoms with van der Waals surface area (Å²) >= 11 is 2.01. The Morgan fingerprint density at radius 3 is 2.96 bits per heavy atom. The Labute approximate surface area is 148 Å². The predicted octanol–water partition coefficient (Wildman–Crippen LogP) is 2.46. The summed E-state index contributed by atoms with van der Waals surface area (Å²) in [5, 5.41) is 7.34. The van der Waals surface area contributed by atoms with E-state index in [2.05, 4.69) is 46.1 Å². The van der Waals surface area contributed by atoms with Crippen molar-refractivity contribution in [1.82, 2.24) is 20.4 Å². The highest BCUT2D eigenvalue weighted by molar-refractivity contribution is 8.00. The van der Waals surface area contributed by atoms with Gasteiger partial charge in [0.25, 0.3) is 0 Å². The van der Waals surface area contributed by atoms with Crippen molar-refractivity contribution in [2.24, 2.45) is 4.99 Å². The zero-order valence-corrected chi connectivity index (χ0v) is 16.2. The van der Waals surface area contributed by atoms with Crippen LogP contribution < -0.4 is 5.32 Å². The van der Waals surface area contributed by atoms with Crippen molar-refractivity contribution in [3.05, 3.63) is 11.7 Å². The molecule has 24 heavy (non-hydrogen) atoms. The molecule has 1 aromatic rings. The molecular formula is C16H29N5O2S. The summed E-state index contributed by atoms with van der Waals surface area (Å²) in [6.07, 6.45) is -0.162. The number of aliphatic imine (C=N–C) groups is 1. The van der Waals surface area contributed by atoms with Crippen molar-refractivity contribution in [2.75, 3.05) is 32.0 Å². The van der Waals surface area contributed by atoms with Gasteiger partial charge in [-0.3, -0.25) is 0 Å². The lowest BCUT2D eigenvalue weighted by atomic mass is 10.2. The number of guanidine groups is 1. The lowest BCUT2D eigenvalue weighted by Crippen LogP contribution is -2.50. The summed E-state index contributed by atoms with van der Waals surface area (Å²) < 4.78 is 11.0. The van der Waals surface area contributed by atoms with E-state index < -0.39 is 0 Å². The van der Waals surface area contributed by atoms with E-state index in [1.54, 1.807) is 0 Å². The molecule has 0 saturated carbocycles. The molecule has 0 aliphatic carbocycles. The van der Waals surface area contributed by atoms with Crippen LogP contribution >= 0.6 is 11.8 Å². The number of thioether (sulfide) groups is 1. The quantitative estimate of drug-likeness (QED) is 0.620. The lowest BCUT2D eigenvalue weighted by Gasteiger charge is -2.39. The van der Waals surface area contributed by atoms with E-state index in [1.165, 1.54) is 0 Å². The van der Waals surface area contributed by atoms with Crippen LogP contribution in [-0.4, -0.2) is 57.7 Å². The van der Waals surface area contributed by atoms with Gasteiger partial charge in [-0.25, -0.2) is 4.99 Å². The Morgan fingerprint density at radius 2 is 2.29 bits per heavy atom. The third-order valence-corrected chi connectivity index (χ3v) is 4.99. The topological polar surface area (TPSA) is 75.8 Å². The van der Waals surface area contributed by atoms with Gasteiger partial charge in [-0.05, 0) is 34.6 Å². The van der Waals surface area contributed by atoms with Crippen LogP contribution in [0.3, 0.4) is 0 Å². The summed E-state index contributed by atoms with van der Waals surface area (Å²) in [6, 6.07) is 0. The van der Waals surface area contributed by atoms with Crippen LogP contribution in [0, 0.1) is 0 Å². The molecule has 2 rings (SSSR count). The minimum Gasteiger partial charge on any atom is -0.371 e. The number of ether oxygens (including phenoxy) is 1. The van der Waals surface area contributed by atoms with Crippen molar-refractivity contribution in [3.8, 4) is 0 Å². The number of hydrogen-bond acceptors (Lipinski definition) is 6. The monoisotopic (exact) mass is 355 g/mol. The molecule has 0 bridgehead atoms. The fourth-order valence-corrected chi connectivity index (χ4v) is 3.70. The normalized spacial score (nSPS) is 19.4. The fourth-order valence-electron chi connectivity index (χ4n) is 2.59. The summed E-state index contributed by atoms with van der Waals surface area (Å²) in [6.45, 7) is 14.3. The van der Waals surface area contributed by atoms with E-state index in [0.29, 0.717) is 24.9 Å². The van der Waals surface area contributed by atoms with Crippen LogP contribution in [-0.2, 0) is 11.3 Å². The summed E-state index contributed by atoms with van der Waals surface area (Å²) in [7, 11) is 0. The molecule has 1 saturated heterocycles. The van der Waals surface area contributed by atoms with Gasteiger partial charge in [-0.1, -0.05) is 5.16 Å². The number of rotatable bonds is 6. The highest BCUT2D eigenvalue weighted by Crippen LogP contribution is 2.29. The standard InChI is InChI=1S/C16H29N5O2S/c1-6-17-15(21-8-9-24-16(4,5)11-21)18-10-13-19-14(20-23-13)12(3)22-7-2/h12H,6-11H2,1-5H3,(H,17,18). The van der Waals surface area contributed by atoms with Gasteiger partial charge < -0.3 is 19.5 Å². The predicted molar refractivity (Wildman–Crippen MR) is 97.3 cm³/mol. The molecular weight excluding hydrogens is 326 g/mol. The van der Waals surface area contributed by atoms with Gasteiger partial charge in [0.05, 0.1) is 0 Å². The van der Waals surface area contributed by atoms with Crippen molar-refractivity contribution in [1.29, 1.82) is 0 Å². The van der Waals surface area contributed by atoms with Crippen LogP contribution in [0.5, 0.6) is 0 Å². The smallest absolute Gasteiger partial charge is 0.248 e. The van der Waals surface area contributed by atoms with Gasteiger partial charge in [-0.2, -0.15) is 16.7 Å². The van der Waals surface area contributed by atoms with Crippen LogP contribution in [0.15, 0.2) is 9.52 Å². The zero-order chi connectivity index (χ0) is 17.6. The summed E-state index contributed by atoms with van der Waals surface area (Å²) in [5.41, 5.74) is 0. The molecule has 1 N–H and O–H groups in total. The number of aromatic nitrogens is 2. The van der Waals surface area contributed by atoms with Crippen LogP contribution in [0.25, 0.3) is 0 Å². The Hall–Kier alpha value is -1.28. The van der Waals surface area contributed by atoms with Gasteiger partial charge in [0.1, 0.15) is 12.6 Å². The molecule has 0 radical (unpaired) electrons. The first-order valence-corrected chi connectivity index (χ1v) is 9.55. The maximum atomic E-state index is 5.48. The Bertz CT molecular complexity index is 546. The van der Waals surface area contributed by atoms with Gasteiger partial charge in [0.2, 0.25) is 5.89 Å². The molecule has 2 heterocycles. The van der Waals surface area contributed by atoms with Gasteiger partial charge in [0.15, 0.2) is 11.8 Å². The maximum absolute atomic E-state index is 5.48. The second-order valence-electron chi connectivity index (χ2n) is 6.34. The highest BCUT2D eigenvalue weighted by atomic mass is 32.2. The van der Waals surface area contributed by atoms with Crippen LogP contribution in [0.1, 0.15) is 52.4 Å². The van der Waals surface area contributed by atoms with Crippen molar-refractivity contribution in [3.63, 3.8) is 0 Å². The van der Waals surface area contributed by atoms with E-state index >= 15 is 0 Å². The van der Waals surface area contributed by atoms with E-state index in [0.717, 1.165) is 31.3 Å². The fraction of sp³-hybridized carbons (Fsp3) is 0.812. The van der Waals surface area contributed by atoms with E-state index in [4.69, 9.17) is 9.26 Å². The Balaban J connectivity index is 2.03. The average molecular weight is 356 g/mol. The molecule has 0 aromatic carbocycles. The molecule has 1 fully saturated rings. The van der Waals surface area contributed by atoms with Crippen molar-refractivity contribution < 1.29 is 9.26 Å². The molecule has 7 nitrogen and oxygen atoms in total. The maximum Gasteiger partial charge on any atom is 0.248 e. The second kappa shape index (κ2) is 8.71. The minimum absolute atomic E-state index is 0.162. The molecule has 1 atom stereocenters. The third kappa shape index (κ3) is 5.37. The summed E-state index contributed by atoms with van der Waals surface area (Å²) in [5.74, 6) is 3.09. The molecule has 1 aliphatic heterocycles. The molecule has 0 amide bonds. The van der Waals surface area contributed by atoms with Crippen LogP contribution in [0.4, 0.5) is 0 Å². The molecule has 0 spiro atoms. The second-order valence-corrected chi connectivity index (χ2v) is 8.15. The van der Waals surface area contributed by atoms with E-state index in [-0.39, 0.29) is 10.9 Å². The Morgan fingerprint density at radius 1 is 1.50 bits per heavy atom. The first-order chi connectivity index (χ1) is 11.4. The third-order valence-electron chi connectivity index (χ3n) is 3.69. The van der Waals surface area contributed by atoms with Gasteiger partial charge >= 0.3 is 0 Å². The van der Waals surface area contributed by atoms with Crippen molar-refractivity contribution in [2.45, 2.75) is 52.0 Å². The van der Waals surface area contributed by atoms with Crippen LogP contribution in [0.2, 0.25) is 0 Å². The van der Waals surface area contributed by atoms with Gasteiger partial charge in [0, 0.05) is 36.7 Å². The van der Waals surface area contributed by atoms with Crippen molar-refractivity contribution >= 4 is 17.7 Å². The van der Waals surface area contributed by atoms with Gasteiger partial charge in [-0.15, -0.1) is 0 Å². The zero-order valence-electron chi connectivity index (χ0n) is 15.3. The first-order valence-electron chi connectivity index (χ1n) is 8.56. The molecule has 1 unspecified atom stereocenters. The van der Waals surface area contributed by atoms with E-state index in [1.807, 2.05) is 25.6 Å². The largest absolute Gasteiger partial charge is 0.371 e. The first kappa shape index (κ1) is 19.1. The lowest BCUT2D eigenvalue weighted by molar-refractivity contribution is 0.0683. The number of nitrogens with one attached hydrogen (secondary N) is 1.